The van der Waals surface area contributed by atoms with Gasteiger partial charge in [0.1, 0.15) is 0 Å². The predicted octanol–water partition coefficient (Wildman–Crippen LogP) is 3.54. The lowest BCUT2D eigenvalue weighted by Gasteiger charge is -2.15. The number of carboxylic acids is 1. The minimum atomic E-state index is -0.925. The molecule has 0 saturated carbocycles. The van der Waals surface area contributed by atoms with Crippen molar-refractivity contribution in [2.75, 3.05) is 0 Å². The maximum Gasteiger partial charge on any atom is 0.354 e. The van der Waals surface area contributed by atoms with Gasteiger partial charge in [-0.15, -0.1) is 0 Å². The smallest absolute Gasteiger partial charge is 0.354 e. The first kappa shape index (κ1) is 13.7. The second-order valence-corrected chi connectivity index (χ2v) is 4.44. The van der Waals surface area contributed by atoms with E-state index >= 15 is 0 Å². The molecule has 1 heterocycles. The summed E-state index contributed by atoms with van der Waals surface area (Å²) in [4.78, 5) is 15.0. The molecule has 0 spiro atoms. The molecule has 94 valence electrons. The Bertz CT molecular complexity index is 363. The van der Waals surface area contributed by atoms with E-state index in [1.165, 1.54) is 19.3 Å². The fraction of sp³-hybridized carbons (Fsp3) is 0.571. The van der Waals surface area contributed by atoms with Crippen molar-refractivity contribution in [1.82, 2.24) is 4.98 Å². The van der Waals surface area contributed by atoms with E-state index in [-0.39, 0.29) is 5.69 Å². The third kappa shape index (κ3) is 4.17. The normalized spacial score (nSPS) is 12.4. The van der Waals surface area contributed by atoms with Crippen LogP contribution in [0.25, 0.3) is 0 Å². The summed E-state index contributed by atoms with van der Waals surface area (Å²) in [5.41, 5.74) is 1.07. The highest BCUT2D eigenvalue weighted by atomic mass is 16.4. The van der Waals surface area contributed by atoms with E-state index in [2.05, 4.69) is 18.8 Å². The molecule has 0 aromatic carbocycles. The zero-order chi connectivity index (χ0) is 12.7. The summed E-state index contributed by atoms with van der Waals surface area (Å²) in [5, 5.41) is 9.06. The Morgan fingerprint density at radius 1 is 1.47 bits per heavy atom. The minimum Gasteiger partial charge on any atom is -0.477 e. The first-order valence-corrected chi connectivity index (χ1v) is 6.36. The van der Waals surface area contributed by atoms with E-state index < -0.39 is 5.97 Å². The molecule has 1 rings (SSSR count). The molecule has 0 saturated heterocycles. The van der Waals surface area contributed by atoms with Gasteiger partial charge in [-0.1, -0.05) is 45.6 Å². The maximum atomic E-state index is 11.0. The van der Waals surface area contributed by atoms with Crippen LogP contribution in [0.3, 0.4) is 0 Å². The number of carbonyl (C=O) groups is 1. The predicted molar refractivity (Wildman–Crippen MR) is 68.2 cm³/mol. The Hall–Kier alpha value is -1.38. The molecule has 0 fully saturated rings. The zero-order valence-corrected chi connectivity index (χ0v) is 10.6. The van der Waals surface area contributed by atoms with Gasteiger partial charge >= 0.3 is 5.97 Å². The van der Waals surface area contributed by atoms with Crippen molar-refractivity contribution in [1.29, 1.82) is 0 Å². The molecule has 1 aromatic heterocycles. The highest BCUT2D eigenvalue weighted by Crippen LogP contribution is 2.20. The van der Waals surface area contributed by atoms with Crippen molar-refractivity contribution in [2.24, 2.45) is 5.92 Å². The van der Waals surface area contributed by atoms with E-state index in [1.807, 2.05) is 12.1 Å². The van der Waals surface area contributed by atoms with Gasteiger partial charge in [-0.2, -0.15) is 0 Å². The van der Waals surface area contributed by atoms with Gasteiger partial charge in [0.25, 0.3) is 0 Å². The van der Waals surface area contributed by atoms with Crippen molar-refractivity contribution < 1.29 is 9.90 Å². The Balaban J connectivity index is 2.75. The Morgan fingerprint density at radius 3 is 2.82 bits per heavy atom. The third-order valence-corrected chi connectivity index (χ3v) is 3.15. The molecule has 3 heteroatoms. The maximum absolute atomic E-state index is 11.0. The topological polar surface area (TPSA) is 50.2 Å². The second-order valence-electron chi connectivity index (χ2n) is 4.44. The van der Waals surface area contributed by atoms with Gasteiger partial charge in [-0.05, 0) is 24.0 Å². The Labute approximate surface area is 103 Å². The monoisotopic (exact) mass is 235 g/mol. The van der Waals surface area contributed by atoms with Crippen molar-refractivity contribution >= 4 is 5.97 Å². The molecule has 0 aliphatic carbocycles. The molecule has 0 aliphatic heterocycles. The van der Waals surface area contributed by atoms with E-state index in [4.69, 9.17) is 5.11 Å². The van der Waals surface area contributed by atoms with Gasteiger partial charge in [0.2, 0.25) is 0 Å². The third-order valence-electron chi connectivity index (χ3n) is 3.15. The van der Waals surface area contributed by atoms with Crippen LogP contribution in [0, 0.1) is 5.92 Å². The molecule has 1 unspecified atom stereocenters. The van der Waals surface area contributed by atoms with E-state index in [9.17, 15) is 4.79 Å². The van der Waals surface area contributed by atoms with Gasteiger partial charge < -0.3 is 5.11 Å². The number of aromatic carboxylic acids is 1. The van der Waals surface area contributed by atoms with Crippen LogP contribution in [-0.2, 0) is 6.42 Å². The molecule has 0 bridgehead atoms. The number of unbranched alkanes of at least 4 members (excludes halogenated alkanes) is 1. The van der Waals surface area contributed by atoms with E-state index in [0.717, 1.165) is 18.4 Å². The van der Waals surface area contributed by atoms with Crippen molar-refractivity contribution in [3.05, 3.63) is 29.6 Å². The molecule has 17 heavy (non-hydrogen) atoms. The fourth-order valence-electron chi connectivity index (χ4n) is 2.05. The van der Waals surface area contributed by atoms with Gasteiger partial charge in [0, 0.05) is 6.20 Å². The summed E-state index contributed by atoms with van der Waals surface area (Å²) in [7, 11) is 0. The second kappa shape index (κ2) is 7.05. The van der Waals surface area contributed by atoms with Gasteiger partial charge in [-0.25, -0.2) is 9.78 Å². The number of rotatable bonds is 7. The summed E-state index contributed by atoms with van der Waals surface area (Å²) < 4.78 is 0. The van der Waals surface area contributed by atoms with E-state index in [1.54, 1.807) is 6.20 Å². The van der Waals surface area contributed by atoms with Crippen LogP contribution in [0.1, 0.15) is 55.6 Å². The Morgan fingerprint density at radius 2 is 2.24 bits per heavy atom. The van der Waals surface area contributed by atoms with E-state index in [0.29, 0.717) is 5.92 Å². The number of hydrogen-bond donors (Lipinski definition) is 1. The summed E-state index contributed by atoms with van der Waals surface area (Å²) in [6, 6.07) is 3.69. The number of hydrogen-bond acceptors (Lipinski definition) is 2. The van der Waals surface area contributed by atoms with Gasteiger partial charge in [0.05, 0.1) is 0 Å². The first-order chi connectivity index (χ1) is 8.19. The molecule has 0 radical (unpaired) electrons. The largest absolute Gasteiger partial charge is 0.477 e. The average Bonchev–Trinajstić information content (AvgIpc) is 2.34. The highest BCUT2D eigenvalue weighted by Gasteiger charge is 2.14. The number of nitrogens with zero attached hydrogens (tertiary/aromatic N) is 1. The van der Waals surface area contributed by atoms with Crippen LogP contribution in [0.4, 0.5) is 0 Å². The fourth-order valence-corrected chi connectivity index (χ4v) is 2.05. The SMILES string of the molecule is CCCCC(CC)Cc1cccnc1C(=O)O. The van der Waals surface area contributed by atoms with Crippen LogP contribution in [0.5, 0.6) is 0 Å². The number of aromatic nitrogens is 1. The molecular weight excluding hydrogens is 214 g/mol. The molecule has 0 aliphatic rings. The lowest BCUT2D eigenvalue weighted by Crippen LogP contribution is -2.10. The highest BCUT2D eigenvalue weighted by molar-refractivity contribution is 5.86. The zero-order valence-electron chi connectivity index (χ0n) is 10.6. The molecule has 1 N–H and O–H groups in total. The van der Waals surface area contributed by atoms with Gasteiger partial charge in [-0.3, -0.25) is 0 Å². The standard InChI is InChI=1S/C14H21NO2/c1-3-5-7-11(4-2)10-12-8-6-9-15-13(12)14(16)17/h6,8-9,11H,3-5,7,10H2,1-2H3,(H,16,17). The van der Waals surface area contributed by atoms with Crippen LogP contribution < -0.4 is 0 Å². The van der Waals surface area contributed by atoms with Crippen LogP contribution in [0.2, 0.25) is 0 Å². The number of pyridine rings is 1. The lowest BCUT2D eigenvalue weighted by molar-refractivity contribution is 0.0689. The van der Waals surface area contributed by atoms with Crippen LogP contribution in [0.15, 0.2) is 18.3 Å². The Kier molecular flexibility index (Phi) is 5.67. The molecule has 1 aromatic rings. The molecule has 3 nitrogen and oxygen atoms in total. The van der Waals surface area contributed by atoms with Gasteiger partial charge in [0.15, 0.2) is 5.69 Å². The summed E-state index contributed by atoms with van der Waals surface area (Å²) in [6.07, 6.45) is 7.03. The molecular formula is C14H21NO2. The van der Waals surface area contributed by atoms with Crippen molar-refractivity contribution in [3.8, 4) is 0 Å². The summed E-state index contributed by atoms with van der Waals surface area (Å²) in [5.74, 6) is -0.358. The summed E-state index contributed by atoms with van der Waals surface area (Å²) >= 11 is 0. The van der Waals surface area contributed by atoms with Crippen molar-refractivity contribution in [2.45, 2.75) is 46.0 Å². The van der Waals surface area contributed by atoms with Crippen LogP contribution in [-0.4, -0.2) is 16.1 Å². The summed E-state index contributed by atoms with van der Waals surface area (Å²) in [6.45, 7) is 4.34. The average molecular weight is 235 g/mol. The molecule has 1 atom stereocenters. The van der Waals surface area contributed by atoms with Crippen molar-refractivity contribution in [3.63, 3.8) is 0 Å². The quantitative estimate of drug-likeness (QED) is 0.786. The molecule has 0 amide bonds. The number of carboxylic acid groups (broad SMARTS) is 1. The lowest BCUT2D eigenvalue weighted by atomic mass is 9.91. The minimum absolute atomic E-state index is 0.211. The first-order valence-electron chi connectivity index (χ1n) is 6.36. The van der Waals surface area contributed by atoms with Crippen LogP contribution >= 0.6 is 0 Å².